The van der Waals surface area contributed by atoms with Gasteiger partial charge in [0.1, 0.15) is 5.82 Å². The van der Waals surface area contributed by atoms with E-state index in [0.717, 1.165) is 31.3 Å². The number of amides is 1. The molecule has 5 heteroatoms. The molecular formula is C17H20FNO3. The molecule has 1 amide bonds. The highest BCUT2D eigenvalue weighted by Gasteiger charge is 2.36. The van der Waals surface area contributed by atoms with Crippen molar-refractivity contribution in [2.24, 2.45) is 0 Å². The standard InChI is InChI=1S/C17H20FNO3/c1-17(16(21)22,13-7-9-14(18)10-8-13)19-15(20)11-12-5-3-2-4-6-12/h5,7-10H,2-4,6,11H2,1H3,(H,19,20)(H,21,22). The Bertz CT molecular complexity index is 594. The van der Waals surface area contributed by atoms with Gasteiger partial charge in [-0.3, -0.25) is 4.79 Å². The van der Waals surface area contributed by atoms with Crippen LogP contribution < -0.4 is 5.32 Å². The van der Waals surface area contributed by atoms with E-state index in [4.69, 9.17) is 0 Å². The van der Waals surface area contributed by atoms with Crippen molar-refractivity contribution >= 4 is 11.9 Å². The Morgan fingerprint density at radius 3 is 2.50 bits per heavy atom. The lowest BCUT2D eigenvalue weighted by Crippen LogP contribution is -2.49. The van der Waals surface area contributed by atoms with Crippen LogP contribution in [-0.4, -0.2) is 17.0 Å². The normalized spacial score (nSPS) is 17.3. The fourth-order valence-corrected chi connectivity index (χ4v) is 2.63. The monoisotopic (exact) mass is 305 g/mol. The van der Waals surface area contributed by atoms with Gasteiger partial charge < -0.3 is 10.4 Å². The third kappa shape index (κ3) is 3.72. The molecule has 4 nitrogen and oxygen atoms in total. The van der Waals surface area contributed by atoms with Crippen molar-refractivity contribution in [1.29, 1.82) is 0 Å². The first-order valence-electron chi connectivity index (χ1n) is 7.40. The van der Waals surface area contributed by atoms with Gasteiger partial charge in [-0.05, 0) is 50.3 Å². The Kier molecular flexibility index (Phi) is 4.96. The summed E-state index contributed by atoms with van der Waals surface area (Å²) < 4.78 is 13.0. The van der Waals surface area contributed by atoms with E-state index < -0.39 is 17.3 Å². The predicted octanol–water partition coefficient (Wildman–Crippen LogP) is 3.13. The van der Waals surface area contributed by atoms with Crippen LogP contribution >= 0.6 is 0 Å². The first kappa shape index (κ1) is 16.2. The molecule has 1 aliphatic carbocycles. The molecule has 22 heavy (non-hydrogen) atoms. The Labute approximate surface area is 129 Å². The molecule has 0 aliphatic heterocycles. The zero-order valence-corrected chi connectivity index (χ0v) is 12.6. The van der Waals surface area contributed by atoms with E-state index in [9.17, 15) is 19.1 Å². The second-order valence-electron chi connectivity index (χ2n) is 5.77. The van der Waals surface area contributed by atoms with Crippen LogP contribution in [0.15, 0.2) is 35.9 Å². The van der Waals surface area contributed by atoms with Gasteiger partial charge in [-0.15, -0.1) is 0 Å². The smallest absolute Gasteiger partial charge is 0.333 e. The summed E-state index contributed by atoms with van der Waals surface area (Å²) >= 11 is 0. The second kappa shape index (κ2) is 6.73. The quantitative estimate of drug-likeness (QED) is 0.821. The molecule has 1 aromatic rings. The van der Waals surface area contributed by atoms with Crippen molar-refractivity contribution in [3.63, 3.8) is 0 Å². The fourth-order valence-electron chi connectivity index (χ4n) is 2.63. The summed E-state index contributed by atoms with van der Waals surface area (Å²) in [6.07, 6.45) is 6.31. The number of carbonyl (C=O) groups excluding carboxylic acids is 1. The van der Waals surface area contributed by atoms with Crippen molar-refractivity contribution in [3.05, 3.63) is 47.3 Å². The summed E-state index contributed by atoms with van der Waals surface area (Å²) in [7, 11) is 0. The number of aliphatic carboxylic acids is 1. The van der Waals surface area contributed by atoms with Crippen LogP contribution in [0.25, 0.3) is 0 Å². The van der Waals surface area contributed by atoms with E-state index >= 15 is 0 Å². The first-order chi connectivity index (χ1) is 10.4. The molecule has 0 saturated heterocycles. The number of nitrogens with one attached hydrogen (secondary N) is 1. The summed E-state index contributed by atoms with van der Waals surface area (Å²) in [6, 6.07) is 5.13. The maximum Gasteiger partial charge on any atom is 0.333 e. The minimum Gasteiger partial charge on any atom is -0.479 e. The van der Waals surface area contributed by atoms with Crippen LogP contribution in [0, 0.1) is 5.82 Å². The van der Waals surface area contributed by atoms with Crippen LogP contribution in [0.2, 0.25) is 0 Å². The summed E-state index contributed by atoms with van der Waals surface area (Å²) in [5.41, 5.74) is -0.178. The number of carboxylic acids is 1. The number of hydrogen-bond acceptors (Lipinski definition) is 2. The van der Waals surface area contributed by atoms with Gasteiger partial charge in [0.05, 0.1) is 0 Å². The molecule has 0 fully saturated rings. The number of carboxylic acid groups (broad SMARTS) is 1. The summed E-state index contributed by atoms with van der Waals surface area (Å²) in [5, 5.41) is 12.1. The largest absolute Gasteiger partial charge is 0.479 e. The molecule has 2 rings (SSSR count). The van der Waals surface area contributed by atoms with Crippen molar-refractivity contribution in [2.75, 3.05) is 0 Å². The zero-order valence-electron chi connectivity index (χ0n) is 12.6. The molecule has 0 bridgehead atoms. The van der Waals surface area contributed by atoms with E-state index in [2.05, 4.69) is 11.4 Å². The number of allylic oxidation sites excluding steroid dienone is 1. The molecule has 0 spiro atoms. The number of benzene rings is 1. The predicted molar refractivity (Wildman–Crippen MR) is 80.7 cm³/mol. The van der Waals surface area contributed by atoms with Crippen molar-refractivity contribution in [3.8, 4) is 0 Å². The molecule has 0 heterocycles. The average Bonchev–Trinajstić information content (AvgIpc) is 2.48. The van der Waals surface area contributed by atoms with Gasteiger partial charge in [0.15, 0.2) is 5.54 Å². The molecular weight excluding hydrogens is 285 g/mol. The average molecular weight is 305 g/mol. The Balaban J connectivity index is 2.14. The van der Waals surface area contributed by atoms with Crippen LogP contribution in [0.3, 0.4) is 0 Å². The SMILES string of the molecule is CC(NC(=O)CC1=CCCCC1)(C(=O)O)c1ccc(F)cc1. The topological polar surface area (TPSA) is 66.4 Å². The van der Waals surface area contributed by atoms with E-state index in [1.807, 2.05) is 0 Å². The lowest BCUT2D eigenvalue weighted by Gasteiger charge is -2.27. The summed E-state index contributed by atoms with van der Waals surface area (Å²) in [6.45, 7) is 1.41. The highest BCUT2D eigenvalue weighted by molar-refractivity contribution is 5.88. The minimum absolute atomic E-state index is 0.212. The van der Waals surface area contributed by atoms with E-state index in [0.29, 0.717) is 5.56 Å². The van der Waals surface area contributed by atoms with Crippen molar-refractivity contribution in [1.82, 2.24) is 5.32 Å². The van der Waals surface area contributed by atoms with Gasteiger partial charge in [0.2, 0.25) is 5.91 Å². The van der Waals surface area contributed by atoms with Crippen molar-refractivity contribution in [2.45, 2.75) is 44.6 Å². The maximum atomic E-state index is 13.0. The van der Waals surface area contributed by atoms with Crippen LogP contribution in [0.4, 0.5) is 4.39 Å². The van der Waals surface area contributed by atoms with Gasteiger partial charge in [0, 0.05) is 6.42 Å². The molecule has 1 aromatic carbocycles. The third-order valence-electron chi connectivity index (χ3n) is 4.01. The van der Waals surface area contributed by atoms with Gasteiger partial charge in [-0.1, -0.05) is 23.8 Å². The number of carbonyl (C=O) groups is 2. The van der Waals surface area contributed by atoms with Gasteiger partial charge in [-0.25, -0.2) is 9.18 Å². The van der Waals surface area contributed by atoms with Crippen LogP contribution in [0.1, 0.15) is 44.6 Å². The van der Waals surface area contributed by atoms with Gasteiger partial charge >= 0.3 is 5.97 Å². The Morgan fingerprint density at radius 2 is 1.95 bits per heavy atom. The molecule has 0 saturated carbocycles. The molecule has 118 valence electrons. The minimum atomic E-state index is -1.57. The maximum absolute atomic E-state index is 13.0. The third-order valence-corrected chi connectivity index (χ3v) is 4.01. The van der Waals surface area contributed by atoms with Gasteiger partial charge in [0.25, 0.3) is 0 Å². The second-order valence-corrected chi connectivity index (χ2v) is 5.77. The van der Waals surface area contributed by atoms with Gasteiger partial charge in [-0.2, -0.15) is 0 Å². The number of halogens is 1. The number of rotatable bonds is 5. The molecule has 2 N–H and O–H groups in total. The number of hydrogen-bond donors (Lipinski definition) is 2. The molecule has 0 aromatic heterocycles. The summed E-state index contributed by atoms with van der Waals surface area (Å²) in [5.74, 6) is -1.96. The highest BCUT2D eigenvalue weighted by Crippen LogP contribution is 2.24. The van der Waals surface area contributed by atoms with E-state index in [1.165, 1.54) is 31.2 Å². The fraction of sp³-hybridized carbons (Fsp3) is 0.412. The van der Waals surface area contributed by atoms with Crippen LogP contribution in [0.5, 0.6) is 0 Å². The van der Waals surface area contributed by atoms with E-state index in [1.54, 1.807) is 0 Å². The lowest BCUT2D eigenvalue weighted by molar-refractivity contribution is -0.147. The Hall–Kier alpha value is -2.17. The molecule has 1 unspecified atom stereocenters. The van der Waals surface area contributed by atoms with Crippen LogP contribution in [-0.2, 0) is 15.1 Å². The molecule has 1 atom stereocenters. The lowest BCUT2D eigenvalue weighted by atomic mass is 9.91. The Morgan fingerprint density at radius 1 is 1.27 bits per heavy atom. The molecule has 1 aliphatic rings. The highest BCUT2D eigenvalue weighted by atomic mass is 19.1. The first-order valence-corrected chi connectivity index (χ1v) is 7.40. The van der Waals surface area contributed by atoms with Crippen molar-refractivity contribution < 1.29 is 19.1 Å². The summed E-state index contributed by atoms with van der Waals surface area (Å²) in [4.78, 5) is 23.8. The molecule has 0 radical (unpaired) electrons. The van der Waals surface area contributed by atoms with E-state index in [-0.39, 0.29) is 12.3 Å². The zero-order chi connectivity index (χ0) is 16.2.